The van der Waals surface area contributed by atoms with Crippen molar-refractivity contribution in [1.82, 2.24) is 14.9 Å². The molecule has 0 saturated carbocycles. The summed E-state index contributed by atoms with van der Waals surface area (Å²) in [5.41, 5.74) is 5.45. The van der Waals surface area contributed by atoms with Gasteiger partial charge in [-0.1, -0.05) is 67.1 Å². The molecule has 0 N–H and O–H groups in total. The van der Waals surface area contributed by atoms with E-state index < -0.39 is 0 Å². The number of carbonyl (C=O) groups is 1. The Morgan fingerprint density at radius 3 is 2.42 bits per heavy atom. The van der Waals surface area contributed by atoms with Crippen LogP contribution in [0.2, 0.25) is 0 Å². The average molecular weight is 445 g/mol. The number of piperazine rings is 1. The van der Waals surface area contributed by atoms with Crippen LogP contribution in [-0.4, -0.2) is 54.1 Å². The number of nitrogens with zero attached hydrogens (tertiary/aromatic N) is 4. The lowest BCUT2D eigenvalue weighted by Crippen LogP contribution is -2.49. The zero-order chi connectivity index (χ0) is 23.2. The van der Waals surface area contributed by atoms with Gasteiger partial charge >= 0.3 is 0 Å². The molecule has 0 unspecified atom stereocenters. The second kappa shape index (κ2) is 10.6. The number of amides is 1. The van der Waals surface area contributed by atoms with Gasteiger partial charge < -0.3 is 14.5 Å². The van der Waals surface area contributed by atoms with Gasteiger partial charge in [0, 0.05) is 57.3 Å². The molecule has 4 rings (SSSR count). The highest BCUT2D eigenvalue weighted by Crippen LogP contribution is 2.29. The van der Waals surface area contributed by atoms with Gasteiger partial charge in [0.05, 0.1) is 12.3 Å². The van der Waals surface area contributed by atoms with Gasteiger partial charge in [0.1, 0.15) is 5.82 Å². The summed E-state index contributed by atoms with van der Waals surface area (Å²) < 4.78 is 5.56. The molecule has 6 nitrogen and oxygen atoms in total. The van der Waals surface area contributed by atoms with Crippen LogP contribution < -0.4 is 4.90 Å². The number of aromatic nitrogens is 2. The Morgan fingerprint density at radius 1 is 1.00 bits per heavy atom. The van der Waals surface area contributed by atoms with Crippen molar-refractivity contribution in [1.29, 1.82) is 0 Å². The molecule has 0 spiro atoms. The molecule has 1 aliphatic heterocycles. The molecular formula is C27H32N4O2. The van der Waals surface area contributed by atoms with E-state index in [9.17, 15) is 4.79 Å². The number of aryl methyl sites for hydroxylation is 1. The molecule has 1 amide bonds. The van der Waals surface area contributed by atoms with Gasteiger partial charge in [0.15, 0.2) is 5.82 Å². The first kappa shape index (κ1) is 22.9. The van der Waals surface area contributed by atoms with E-state index in [1.807, 2.05) is 42.2 Å². The Bertz CT molecular complexity index is 1090. The minimum absolute atomic E-state index is 0.211. The van der Waals surface area contributed by atoms with Crippen LogP contribution in [0.25, 0.3) is 11.4 Å². The number of hydrogen-bond donors (Lipinski definition) is 0. The average Bonchev–Trinajstić information content (AvgIpc) is 2.85. The summed E-state index contributed by atoms with van der Waals surface area (Å²) in [4.78, 5) is 26.5. The standard InChI is InChI=1S/C27H32N4O2/c1-4-25(32)30-13-15-31(16-14-30)27-23(18-21-10-8-9-20(2)17-21)24(19-33-3)28-26(29-27)22-11-6-5-7-12-22/h5-12,17H,4,13-16,18-19H2,1-3H3. The normalized spacial score (nSPS) is 13.9. The first-order valence-electron chi connectivity index (χ1n) is 11.6. The molecule has 2 heterocycles. The van der Waals surface area contributed by atoms with Crippen LogP contribution in [-0.2, 0) is 22.6 Å². The number of carbonyl (C=O) groups excluding carboxylic acids is 1. The number of hydrogen-bond acceptors (Lipinski definition) is 5. The number of methoxy groups -OCH3 is 1. The van der Waals surface area contributed by atoms with Crippen molar-refractivity contribution < 1.29 is 9.53 Å². The predicted molar refractivity (Wildman–Crippen MR) is 131 cm³/mol. The van der Waals surface area contributed by atoms with E-state index in [1.165, 1.54) is 11.1 Å². The van der Waals surface area contributed by atoms with Crippen LogP contribution in [0.5, 0.6) is 0 Å². The highest BCUT2D eigenvalue weighted by molar-refractivity contribution is 5.76. The highest BCUT2D eigenvalue weighted by atomic mass is 16.5. The van der Waals surface area contributed by atoms with E-state index >= 15 is 0 Å². The maximum absolute atomic E-state index is 12.2. The molecule has 0 bridgehead atoms. The predicted octanol–water partition coefficient (Wildman–Crippen LogP) is 4.25. The Hall–Kier alpha value is -3.25. The topological polar surface area (TPSA) is 58.6 Å². The summed E-state index contributed by atoms with van der Waals surface area (Å²) in [5.74, 6) is 1.86. The van der Waals surface area contributed by atoms with Crippen molar-refractivity contribution in [3.63, 3.8) is 0 Å². The fourth-order valence-corrected chi connectivity index (χ4v) is 4.35. The molecule has 172 valence electrons. The molecule has 2 aromatic carbocycles. The van der Waals surface area contributed by atoms with Gasteiger partial charge in [-0.05, 0) is 12.5 Å². The van der Waals surface area contributed by atoms with Crippen molar-refractivity contribution >= 4 is 11.7 Å². The lowest BCUT2D eigenvalue weighted by Gasteiger charge is -2.36. The van der Waals surface area contributed by atoms with Crippen molar-refractivity contribution in [3.05, 3.63) is 77.0 Å². The van der Waals surface area contributed by atoms with E-state index in [4.69, 9.17) is 14.7 Å². The van der Waals surface area contributed by atoms with Gasteiger partial charge in [0.25, 0.3) is 0 Å². The molecular weight excluding hydrogens is 412 g/mol. The second-order valence-electron chi connectivity index (χ2n) is 8.48. The van der Waals surface area contributed by atoms with E-state index in [1.54, 1.807) is 7.11 Å². The summed E-state index contributed by atoms with van der Waals surface area (Å²) in [7, 11) is 1.70. The van der Waals surface area contributed by atoms with Gasteiger partial charge in [-0.2, -0.15) is 0 Å². The molecule has 0 radical (unpaired) electrons. The van der Waals surface area contributed by atoms with E-state index in [2.05, 4.69) is 36.1 Å². The van der Waals surface area contributed by atoms with Crippen LogP contribution in [0.4, 0.5) is 5.82 Å². The van der Waals surface area contributed by atoms with Crippen LogP contribution in [0.3, 0.4) is 0 Å². The van der Waals surface area contributed by atoms with Gasteiger partial charge in [-0.25, -0.2) is 9.97 Å². The number of rotatable bonds is 7. The van der Waals surface area contributed by atoms with E-state index in [-0.39, 0.29) is 5.91 Å². The molecule has 1 aromatic heterocycles. The lowest BCUT2D eigenvalue weighted by molar-refractivity contribution is -0.131. The Labute approximate surface area is 196 Å². The van der Waals surface area contributed by atoms with Gasteiger partial charge in [0.2, 0.25) is 5.91 Å². The third-order valence-corrected chi connectivity index (χ3v) is 6.08. The summed E-state index contributed by atoms with van der Waals surface area (Å²) >= 11 is 0. The van der Waals surface area contributed by atoms with E-state index in [0.29, 0.717) is 31.9 Å². The van der Waals surface area contributed by atoms with Crippen LogP contribution in [0, 0.1) is 6.92 Å². The van der Waals surface area contributed by atoms with Crippen molar-refractivity contribution in [2.45, 2.75) is 33.3 Å². The van der Waals surface area contributed by atoms with E-state index in [0.717, 1.165) is 42.1 Å². The Kier molecular flexibility index (Phi) is 7.35. The number of anilines is 1. The van der Waals surface area contributed by atoms with Crippen LogP contribution >= 0.6 is 0 Å². The second-order valence-corrected chi connectivity index (χ2v) is 8.48. The molecule has 3 aromatic rings. The van der Waals surface area contributed by atoms with Crippen LogP contribution in [0.1, 0.15) is 35.7 Å². The number of ether oxygens (including phenoxy) is 1. The highest BCUT2D eigenvalue weighted by Gasteiger charge is 2.25. The fourth-order valence-electron chi connectivity index (χ4n) is 4.35. The molecule has 33 heavy (non-hydrogen) atoms. The summed E-state index contributed by atoms with van der Waals surface area (Å²) in [6.45, 7) is 7.38. The Morgan fingerprint density at radius 2 is 1.76 bits per heavy atom. The lowest BCUT2D eigenvalue weighted by atomic mass is 10.0. The summed E-state index contributed by atoms with van der Waals surface area (Å²) in [6.07, 6.45) is 1.28. The minimum atomic E-state index is 0.211. The molecule has 1 fully saturated rings. The molecule has 0 aliphatic carbocycles. The maximum atomic E-state index is 12.2. The van der Waals surface area contributed by atoms with Gasteiger partial charge in [-0.3, -0.25) is 4.79 Å². The monoisotopic (exact) mass is 444 g/mol. The third-order valence-electron chi connectivity index (χ3n) is 6.08. The van der Waals surface area contributed by atoms with Gasteiger partial charge in [-0.15, -0.1) is 0 Å². The minimum Gasteiger partial charge on any atom is -0.378 e. The Balaban J connectivity index is 1.76. The SMILES string of the molecule is CCC(=O)N1CCN(c2nc(-c3ccccc3)nc(COC)c2Cc2cccc(C)c2)CC1. The van der Waals surface area contributed by atoms with Crippen molar-refractivity contribution in [2.75, 3.05) is 38.2 Å². The first-order chi connectivity index (χ1) is 16.1. The van der Waals surface area contributed by atoms with Crippen LogP contribution in [0.15, 0.2) is 54.6 Å². The first-order valence-corrected chi connectivity index (χ1v) is 11.6. The zero-order valence-electron chi connectivity index (χ0n) is 19.8. The maximum Gasteiger partial charge on any atom is 0.222 e. The molecule has 1 aliphatic rings. The quantitative estimate of drug-likeness (QED) is 0.545. The smallest absolute Gasteiger partial charge is 0.222 e. The summed E-state index contributed by atoms with van der Waals surface area (Å²) in [5, 5.41) is 0. The zero-order valence-corrected chi connectivity index (χ0v) is 19.8. The van der Waals surface area contributed by atoms with Crippen molar-refractivity contribution in [2.24, 2.45) is 0 Å². The molecule has 6 heteroatoms. The third kappa shape index (κ3) is 5.40. The molecule has 0 atom stereocenters. The largest absolute Gasteiger partial charge is 0.378 e. The fraction of sp³-hybridized carbons (Fsp3) is 0.370. The number of benzene rings is 2. The van der Waals surface area contributed by atoms with Crippen molar-refractivity contribution in [3.8, 4) is 11.4 Å². The molecule has 1 saturated heterocycles. The summed E-state index contributed by atoms with van der Waals surface area (Å²) in [6, 6.07) is 18.6.